The normalized spacial score (nSPS) is 13.1. The van der Waals surface area contributed by atoms with Crippen LogP contribution in [0.3, 0.4) is 0 Å². The number of hydrogen-bond acceptors (Lipinski definition) is 5. The van der Waals surface area contributed by atoms with Crippen LogP contribution < -0.4 is 10.9 Å². The lowest BCUT2D eigenvalue weighted by Gasteiger charge is -2.10. The summed E-state index contributed by atoms with van der Waals surface area (Å²) in [7, 11) is 0. The summed E-state index contributed by atoms with van der Waals surface area (Å²) in [5.74, 6) is -0.292. The standard InChI is InChI=1S/C22H14N5O/c28-22-11-21(26-27-22)17-9-16(12-24-13-17)15-1-2-20-19(10-15)18(5-8-25-20)14-3-6-23-7-4-14/h1-13,26H. The molecule has 0 unspecified atom stereocenters. The van der Waals surface area contributed by atoms with Crippen molar-refractivity contribution >= 4 is 22.5 Å². The van der Waals surface area contributed by atoms with E-state index in [0.717, 1.165) is 38.7 Å². The van der Waals surface area contributed by atoms with E-state index in [9.17, 15) is 4.79 Å². The monoisotopic (exact) mass is 364 g/mol. The van der Waals surface area contributed by atoms with Crippen molar-refractivity contribution in [2.24, 2.45) is 0 Å². The van der Waals surface area contributed by atoms with Crippen LogP contribution in [0.5, 0.6) is 0 Å². The van der Waals surface area contributed by atoms with Crippen molar-refractivity contribution in [1.82, 2.24) is 25.8 Å². The molecule has 6 nitrogen and oxygen atoms in total. The van der Waals surface area contributed by atoms with Crippen LogP contribution in [-0.2, 0) is 4.79 Å². The van der Waals surface area contributed by atoms with Gasteiger partial charge < -0.3 is 0 Å². The van der Waals surface area contributed by atoms with E-state index in [0.29, 0.717) is 5.70 Å². The SMILES string of the molecule is O=C1C=C(c2cncc(-c3ccc4nccc(-c5ccncc5)c4c3)c2)N[N]1. The fourth-order valence-corrected chi connectivity index (χ4v) is 3.31. The predicted octanol–water partition coefficient (Wildman–Crippen LogP) is 3.35. The fourth-order valence-electron chi connectivity index (χ4n) is 3.31. The second-order valence-electron chi connectivity index (χ2n) is 6.41. The number of nitrogens with zero attached hydrogens (tertiary/aromatic N) is 4. The molecule has 0 atom stereocenters. The van der Waals surface area contributed by atoms with Gasteiger partial charge in [-0.25, -0.2) is 0 Å². The maximum absolute atomic E-state index is 11.4. The third-order valence-corrected chi connectivity index (χ3v) is 4.67. The van der Waals surface area contributed by atoms with Crippen LogP contribution in [0.2, 0.25) is 0 Å². The minimum Gasteiger partial charge on any atom is -0.274 e. The molecular weight excluding hydrogens is 350 g/mol. The van der Waals surface area contributed by atoms with Gasteiger partial charge in [-0.1, -0.05) is 6.07 Å². The van der Waals surface area contributed by atoms with Gasteiger partial charge >= 0.3 is 0 Å². The third kappa shape index (κ3) is 2.87. The molecule has 0 fully saturated rings. The van der Waals surface area contributed by atoms with Crippen LogP contribution in [0.1, 0.15) is 5.56 Å². The molecule has 1 aliphatic rings. The summed E-state index contributed by atoms with van der Waals surface area (Å²) in [6.45, 7) is 0. The highest BCUT2D eigenvalue weighted by Crippen LogP contribution is 2.31. The number of benzene rings is 1. The number of amides is 1. The summed E-state index contributed by atoms with van der Waals surface area (Å²) in [5.41, 5.74) is 12.9. The molecule has 4 heterocycles. The average Bonchev–Trinajstić information content (AvgIpc) is 3.20. The van der Waals surface area contributed by atoms with Crippen LogP contribution in [-0.4, -0.2) is 20.9 Å². The number of carbonyl (C=O) groups excluding carboxylic acids is 1. The summed E-state index contributed by atoms with van der Waals surface area (Å²) in [6.07, 6.45) is 10.4. The first kappa shape index (κ1) is 16.1. The zero-order valence-electron chi connectivity index (χ0n) is 14.7. The molecule has 5 rings (SSSR count). The van der Waals surface area contributed by atoms with E-state index in [1.165, 1.54) is 6.08 Å². The number of carbonyl (C=O) groups is 1. The molecule has 6 heteroatoms. The molecule has 1 radical (unpaired) electrons. The molecule has 0 saturated carbocycles. The molecule has 1 aliphatic heterocycles. The van der Waals surface area contributed by atoms with Gasteiger partial charge in [0.15, 0.2) is 0 Å². The summed E-state index contributed by atoms with van der Waals surface area (Å²) >= 11 is 0. The van der Waals surface area contributed by atoms with Crippen molar-refractivity contribution in [1.29, 1.82) is 0 Å². The summed E-state index contributed by atoms with van der Waals surface area (Å²) in [4.78, 5) is 24.3. The molecule has 28 heavy (non-hydrogen) atoms. The van der Waals surface area contributed by atoms with Crippen LogP contribution in [0.4, 0.5) is 0 Å². The number of fused-ring (bicyclic) bond motifs is 1. The predicted molar refractivity (Wildman–Crippen MR) is 106 cm³/mol. The van der Waals surface area contributed by atoms with E-state index in [2.05, 4.69) is 31.9 Å². The minimum atomic E-state index is -0.292. The Morgan fingerprint density at radius 2 is 1.61 bits per heavy atom. The van der Waals surface area contributed by atoms with Crippen molar-refractivity contribution in [2.45, 2.75) is 0 Å². The van der Waals surface area contributed by atoms with Crippen molar-refractivity contribution in [3.63, 3.8) is 0 Å². The smallest absolute Gasteiger partial charge is 0.274 e. The number of pyridine rings is 3. The van der Waals surface area contributed by atoms with E-state index in [1.807, 2.05) is 48.8 Å². The third-order valence-electron chi connectivity index (χ3n) is 4.67. The first-order chi connectivity index (χ1) is 13.8. The van der Waals surface area contributed by atoms with E-state index < -0.39 is 0 Å². The Bertz CT molecular complexity index is 1230. The van der Waals surface area contributed by atoms with Crippen LogP contribution in [0.25, 0.3) is 38.9 Å². The second-order valence-corrected chi connectivity index (χ2v) is 6.41. The molecule has 133 valence electrons. The zero-order chi connectivity index (χ0) is 18.9. The van der Waals surface area contributed by atoms with Gasteiger partial charge in [-0.3, -0.25) is 25.2 Å². The van der Waals surface area contributed by atoms with E-state index in [-0.39, 0.29) is 5.91 Å². The summed E-state index contributed by atoms with van der Waals surface area (Å²) < 4.78 is 0. The molecule has 1 N–H and O–H groups in total. The largest absolute Gasteiger partial charge is 0.288 e. The molecule has 3 aromatic heterocycles. The lowest BCUT2D eigenvalue weighted by molar-refractivity contribution is -0.116. The van der Waals surface area contributed by atoms with E-state index in [4.69, 9.17) is 0 Å². The van der Waals surface area contributed by atoms with Crippen molar-refractivity contribution < 1.29 is 4.79 Å². The molecular formula is C22H14N5O. The number of nitrogens with one attached hydrogen (secondary N) is 1. The van der Waals surface area contributed by atoms with E-state index >= 15 is 0 Å². The highest BCUT2D eigenvalue weighted by atomic mass is 16.2. The Hall–Kier alpha value is -4.06. The van der Waals surface area contributed by atoms with Crippen LogP contribution in [0, 0.1) is 0 Å². The number of rotatable bonds is 3. The van der Waals surface area contributed by atoms with Crippen molar-refractivity contribution in [3.05, 3.63) is 85.1 Å². The van der Waals surface area contributed by atoms with Crippen molar-refractivity contribution in [2.75, 3.05) is 0 Å². The van der Waals surface area contributed by atoms with E-state index in [1.54, 1.807) is 18.6 Å². The second kappa shape index (κ2) is 6.59. The minimum absolute atomic E-state index is 0.292. The number of aromatic nitrogens is 3. The molecule has 0 aliphatic carbocycles. The molecule has 4 aromatic rings. The fraction of sp³-hybridized carbons (Fsp3) is 0. The Labute approximate surface area is 161 Å². The lowest BCUT2D eigenvalue weighted by atomic mass is 9.98. The first-order valence-electron chi connectivity index (χ1n) is 8.75. The van der Waals surface area contributed by atoms with Gasteiger partial charge in [0.05, 0.1) is 11.2 Å². The Balaban J connectivity index is 1.63. The first-order valence-corrected chi connectivity index (χ1v) is 8.75. The molecule has 0 saturated heterocycles. The Kier molecular flexibility index (Phi) is 3.80. The topological polar surface area (TPSA) is 81.9 Å². The quantitative estimate of drug-likeness (QED) is 0.603. The summed E-state index contributed by atoms with van der Waals surface area (Å²) in [6, 6.07) is 14.1. The van der Waals surface area contributed by atoms with Crippen LogP contribution >= 0.6 is 0 Å². The maximum atomic E-state index is 11.4. The zero-order valence-corrected chi connectivity index (χ0v) is 14.7. The highest BCUT2D eigenvalue weighted by molar-refractivity contribution is 5.99. The van der Waals surface area contributed by atoms with Gasteiger partial charge in [0.1, 0.15) is 0 Å². The lowest BCUT2D eigenvalue weighted by Crippen LogP contribution is -2.19. The van der Waals surface area contributed by atoms with Gasteiger partial charge in [-0.15, -0.1) is 5.43 Å². The number of hydrogen-bond donors (Lipinski definition) is 1. The molecule has 0 bridgehead atoms. The molecule has 0 spiro atoms. The van der Waals surface area contributed by atoms with Gasteiger partial charge in [-0.2, -0.15) is 0 Å². The van der Waals surface area contributed by atoms with Crippen molar-refractivity contribution in [3.8, 4) is 22.3 Å². The molecule has 1 aromatic carbocycles. The summed E-state index contributed by atoms with van der Waals surface area (Å²) in [5, 5.41) is 1.06. The Morgan fingerprint density at radius 3 is 2.43 bits per heavy atom. The highest BCUT2D eigenvalue weighted by Gasteiger charge is 2.15. The average molecular weight is 364 g/mol. The van der Waals surface area contributed by atoms with Gasteiger partial charge in [0, 0.05) is 53.6 Å². The molecule has 1 amide bonds. The van der Waals surface area contributed by atoms with Crippen LogP contribution in [0.15, 0.2) is 79.5 Å². The van der Waals surface area contributed by atoms with Gasteiger partial charge in [-0.05, 0) is 53.1 Å². The van der Waals surface area contributed by atoms with Gasteiger partial charge in [0.2, 0.25) is 0 Å². The maximum Gasteiger partial charge on any atom is 0.288 e. The van der Waals surface area contributed by atoms with Gasteiger partial charge in [0.25, 0.3) is 5.91 Å². The Morgan fingerprint density at radius 1 is 0.750 bits per heavy atom.